The second-order valence-corrected chi connectivity index (χ2v) is 5.81. The quantitative estimate of drug-likeness (QED) is 0.871. The van der Waals surface area contributed by atoms with Gasteiger partial charge in [-0.25, -0.2) is 4.39 Å². The van der Waals surface area contributed by atoms with E-state index in [1.807, 2.05) is 17.0 Å². The summed E-state index contributed by atoms with van der Waals surface area (Å²) in [6.45, 7) is 1.55. The first-order valence-electron chi connectivity index (χ1n) is 7.66. The Morgan fingerprint density at radius 3 is 2.55 bits per heavy atom. The number of hydrogen-bond acceptors (Lipinski definition) is 2. The van der Waals surface area contributed by atoms with Crippen LogP contribution in [-0.2, 0) is 6.42 Å². The molecule has 22 heavy (non-hydrogen) atoms. The lowest BCUT2D eigenvalue weighted by Crippen LogP contribution is -2.38. The molecule has 3 nitrogen and oxygen atoms in total. The fourth-order valence-electron chi connectivity index (χ4n) is 2.97. The zero-order valence-electron chi connectivity index (χ0n) is 12.4. The number of nitrogens with zero attached hydrogens (tertiary/aromatic N) is 2. The molecule has 1 amide bonds. The average Bonchev–Trinajstić information content (AvgIpc) is 2.58. The van der Waals surface area contributed by atoms with E-state index < -0.39 is 0 Å². The zero-order valence-corrected chi connectivity index (χ0v) is 12.4. The van der Waals surface area contributed by atoms with Crippen LogP contribution in [0, 0.1) is 11.7 Å². The van der Waals surface area contributed by atoms with Gasteiger partial charge >= 0.3 is 0 Å². The molecule has 0 radical (unpaired) electrons. The van der Waals surface area contributed by atoms with Crippen LogP contribution in [0.25, 0.3) is 0 Å². The third kappa shape index (κ3) is 3.50. The monoisotopic (exact) mass is 298 g/mol. The topological polar surface area (TPSA) is 33.2 Å². The fourth-order valence-corrected chi connectivity index (χ4v) is 2.97. The number of piperidine rings is 1. The Kier molecular flexibility index (Phi) is 4.47. The van der Waals surface area contributed by atoms with E-state index in [9.17, 15) is 9.18 Å². The molecule has 4 heteroatoms. The Balaban J connectivity index is 1.54. The van der Waals surface area contributed by atoms with Crippen LogP contribution in [0.3, 0.4) is 0 Å². The van der Waals surface area contributed by atoms with E-state index in [2.05, 4.69) is 4.98 Å². The van der Waals surface area contributed by atoms with Gasteiger partial charge in [-0.2, -0.15) is 0 Å². The van der Waals surface area contributed by atoms with Crippen molar-refractivity contribution in [3.05, 3.63) is 65.7 Å². The van der Waals surface area contributed by atoms with Crippen LogP contribution in [0.2, 0.25) is 0 Å². The van der Waals surface area contributed by atoms with Gasteiger partial charge in [0.2, 0.25) is 0 Å². The molecule has 1 aromatic heterocycles. The lowest BCUT2D eigenvalue weighted by Gasteiger charge is -2.32. The van der Waals surface area contributed by atoms with Crippen LogP contribution in [0.4, 0.5) is 4.39 Å². The number of likely N-dealkylation sites (tertiary alicyclic amines) is 1. The Bertz CT molecular complexity index is 619. The van der Waals surface area contributed by atoms with Crippen LogP contribution in [0.1, 0.15) is 28.8 Å². The molecule has 0 aliphatic carbocycles. The second-order valence-electron chi connectivity index (χ2n) is 5.81. The largest absolute Gasteiger partial charge is 0.339 e. The van der Waals surface area contributed by atoms with E-state index in [1.54, 1.807) is 24.5 Å². The molecule has 0 saturated carbocycles. The van der Waals surface area contributed by atoms with Crippen molar-refractivity contribution in [1.82, 2.24) is 9.88 Å². The van der Waals surface area contributed by atoms with Gasteiger partial charge in [0.1, 0.15) is 5.82 Å². The van der Waals surface area contributed by atoms with Gasteiger partial charge in [0.25, 0.3) is 5.91 Å². The van der Waals surface area contributed by atoms with Gasteiger partial charge in [0, 0.05) is 25.5 Å². The number of carbonyl (C=O) groups excluding carboxylic acids is 1. The molecule has 1 aromatic carbocycles. The zero-order chi connectivity index (χ0) is 15.4. The highest BCUT2D eigenvalue weighted by molar-refractivity contribution is 5.93. The average molecular weight is 298 g/mol. The molecule has 0 bridgehead atoms. The maximum Gasteiger partial charge on any atom is 0.255 e. The molecule has 0 unspecified atom stereocenters. The van der Waals surface area contributed by atoms with Gasteiger partial charge < -0.3 is 4.90 Å². The maximum absolute atomic E-state index is 12.9. The molecule has 1 fully saturated rings. The predicted molar refractivity (Wildman–Crippen MR) is 83.0 cm³/mol. The smallest absolute Gasteiger partial charge is 0.255 e. The minimum absolute atomic E-state index is 0.0633. The van der Waals surface area contributed by atoms with Crippen LogP contribution in [-0.4, -0.2) is 28.9 Å². The number of benzene rings is 1. The number of carbonyl (C=O) groups is 1. The highest BCUT2D eigenvalue weighted by atomic mass is 19.1. The minimum atomic E-state index is -0.194. The molecule has 114 valence electrons. The van der Waals surface area contributed by atoms with Gasteiger partial charge in [-0.05, 0) is 55.0 Å². The van der Waals surface area contributed by atoms with E-state index in [0.717, 1.165) is 32.4 Å². The number of hydrogen-bond donors (Lipinski definition) is 0. The number of amides is 1. The SMILES string of the molecule is O=C(c1cccnc1)N1CCC(Cc2ccc(F)cc2)CC1. The van der Waals surface area contributed by atoms with E-state index in [4.69, 9.17) is 0 Å². The van der Waals surface area contributed by atoms with Gasteiger partial charge in [-0.3, -0.25) is 9.78 Å². The Morgan fingerprint density at radius 1 is 1.18 bits per heavy atom. The highest BCUT2D eigenvalue weighted by Gasteiger charge is 2.23. The summed E-state index contributed by atoms with van der Waals surface area (Å²) in [4.78, 5) is 18.2. The van der Waals surface area contributed by atoms with E-state index in [1.165, 1.54) is 17.7 Å². The van der Waals surface area contributed by atoms with Crippen LogP contribution in [0.15, 0.2) is 48.8 Å². The van der Waals surface area contributed by atoms with Crippen molar-refractivity contribution < 1.29 is 9.18 Å². The summed E-state index contributed by atoms with van der Waals surface area (Å²) >= 11 is 0. The molecule has 2 heterocycles. The van der Waals surface area contributed by atoms with Crippen LogP contribution in [0.5, 0.6) is 0 Å². The van der Waals surface area contributed by atoms with Crippen LogP contribution < -0.4 is 0 Å². The molecule has 0 atom stereocenters. The van der Waals surface area contributed by atoms with Gasteiger partial charge in [0.05, 0.1) is 5.56 Å². The first kappa shape index (κ1) is 14.7. The summed E-state index contributed by atoms with van der Waals surface area (Å²) < 4.78 is 12.9. The van der Waals surface area contributed by atoms with Crippen molar-refractivity contribution in [3.63, 3.8) is 0 Å². The standard InChI is InChI=1S/C18H19FN2O/c19-17-5-3-14(4-6-17)12-15-7-10-21(11-8-15)18(22)16-2-1-9-20-13-16/h1-6,9,13,15H,7-8,10-12H2. The molecule has 0 spiro atoms. The number of rotatable bonds is 3. The predicted octanol–water partition coefficient (Wildman–Crippen LogP) is 3.32. The molecule has 2 aromatic rings. The van der Waals surface area contributed by atoms with Crippen molar-refractivity contribution in [2.45, 2.75) is 19.3 Å². The lowest BCUT2D eigenvalue weighted by atomic mass is 9.90. The van der Waals surface area contributed by atoms with Gasteiger partial charge in [-0.1, -0.05) is 12.1 Å². The molecule has 1 aliphatic rings. The number of aromatic nitrogens is 1. The second kappa shape index (κ2) is 6.69. The number of pyridine rings is 1. The molecule has 0 N–H and O–H groups in total. The van der Waals surface area contributed by atoms with Crippen molar-refractivity contribution in [1.29, 1.82) is 0 Å². The summed E-state index contributed by atoms with van der Waals surface area (Å²) in [5, 5.41) is 0. The van der Waals surface area contributed by atoms with Crippen molar-refractivity contribution >= 4 is 5.91 Å². The number of halogens is 1. The summed E-state index contributed by atoms with van der Waals surface area (Å²) in [5.41, 5.74) is 1.82. The first-order valence-corrected chi connectivity index (χ1v) is 7.66. The molecular formula is C18H19FN2O. The summed E-state index contributed by atoms with van der Waals surface area (Å²) in [6.07, 6.45) is 6.22. The molecule has 1 saturated heterocycles. The third-order valence-corrected chi connectivity index (χ3v) is 4.25. The molecular weight excluding hydrogens is 279 g/mol. The minimum Gasteiger partial charge on any atom is -0.339 e. The van der Waals surface area contributed by atoms with Gasteiger partial charge in [0.15, 0.2) is 0 Å². The Labute approximate surface area is 129 Å². The summed E-state index contributed by atoms with van der Waals surface area (Å²) in [7, 11) is 0. The Hall–Kier alpha value is -2.23. The third-order valence-electron chi connectivity index (χ3n) is 4.25. The maximum atomic E-state index is 12.9. The molecule has 1 aliphatic heterocycles. The summed E-state index contributed by atoms with van der Waals surface area (Å²) in [5.74, 6) is 0.428. The van der Waals surface area contributed by atoms with E-state index in [-0.39, 0.29) is 11.7 Å². The Morgan fingerprint density at radius 2 is 1.91 bits per heavy atom. The van der Waals surface area contributed by atoms with Crippen LogP contribution >= 0.6 is 0 Å². The van der Waals surface area contributed by atoms with Crippen molar-refractivity contribution in [3.8, 4) is 0 Å². The highest BCUT2D eigenvalue weighted by Crippen LogP contribution is 2.23. The van der Waals surface area contributed by atoms with E-state index in [0.29, 0.717) is 11.5 Å². The van der Waals surface area contributed by atoms with Crippen molar-refractivity contribution in [2.24, 2.45) is 5.92 Å². The van der Waals surface area contributed by atoms with E-state index >= 15 is 0 Å². The fraction of sp³-hybridized carbons (Fsp3) is 0.333. The first-order chi connectivity index (χ1) is 10.7. The normalized spacial score (nSPS) is 15.8. The molecule has 3 rings (SSSR count). The summed E-state index contributed by atoms with van der Waals surface area (Å²) in [6, 6.07) is 10.3. The van der Waals surface area contributed by atoms with Crippen molar-refractivity contribution in [2.75, 3.05) is 13.1 Å². The van der Waals surface area contributed by atoms with Gasteiger partial charge in [-0.15, -0.1) is 0 Å². The lowest BCUT2D eigenvalue weighted by molar-refractivity contribution is 0.0690.